The van der Waals surface area contributed by atoms with Gasteiger partial charge < -0.3 is 10.8 Å². The van der Waals surface area contributed by atoms with Crippen LogP contribution in [-0.2, 0) is 5.60 Å². The topological polar surface area (TPSA) is 46.2 Å². The summed E-state index contributed by atoms with van der Waals surface area (Å²) in [6.45, 7) is -0.179. The van der Waals surface area contributed by atoms with E-state index in [1.807, 2.05) is 0 Å². The molecule has 1 atom stereocenters. The fourth-order valence-corrected chi connectivity index (χ4v) is 2.29. The minimum absolute atomic E-state index is 0.136. The average molecular weight is 292 g/mol. The molecule has 1 saturated carbocycles. The molecule has 0 aromatic heterocycles. The first kappa shape index (κ1) is 12.0. The number of halogens is 3. The molecule has 0 radical (unpaired) electrons. The fraction of sp³-hybridized carbons (Fsp3) is 0.455. The number of benzene rings is 1. The average Bonchev–Trinajstić information content (AvgIpc) is 3.07. The number of nitrogens with two attached hydrogens (primary N) is 1. The van der Waals surface area contributed by atoms with Gasteiger partial charge in [-0.15, -0.1) is 0 Å². The van der Waals surface area contributed by atoms with Crippen LogP contribution in [-0.4, -0.2) is 11.7 Å². The lowest BCUT2D eigenvalue weighted by atomic mass is 9.88. The van der Waals surface area contributed by atoms with E-state index in [4.69, 9.17) is 5.73 Å². The van der Waals surface area contributed by atoms with Crippen LogP contribution in [0.15, 0.2) is 16.6 Å². The highest BCUT2D eigenvalue weighted by Crippen LogP contribution is 2.47. The zero-order valence-electron chi connectivity index (χ0n) is 8.51. The van der Waals surface area contributed by atoms with Crippen LogP contribution < -0.4 is 5.73 Å². The van der Waals surface area contributed by atoms with Crippen LogP contribution in [0.3, 0.4) is 0 Å². The third kappa shape index (κ3) is 1.77. The number of rotatable bonds is 3. The zero-order chi connectivity index (χ0) is 11.9. The molecular formula is C11H12BrF2NO. The first-order chi connectivity index (χ1) is 7.50. The second-order valence-electron chi connectivity index (χ2n) is 4.12. The normalized spacial score (nSPS) is 19.6. The SMILES string of the molecule is NCC(O)(c1c(F)ccc(Br)c1F)C1CC1. The highest BCUT2D eigenvalue weighted by Gasteiger charge is 2.47. The molecule has 0 bridgehead atoms. The molecule has 3 N–H and O–H groups in total. The van der Waals surface area contributed by atoms with E-state index in [1.54, 1.807) is 0 Å². The standard InChI is InChI=1S/C11H12BrF2NO/c12-7-3-4-8(13)9(10(7)14)11(16,5-15)6-1-2-6/h3-4,6,16H,1-2,5,15H2. The van der Waals surface area contributed by atoms with Crippen molar-refractivity contribution in [3.63, 3.8) is 0 Å². The molecular weight excluding hydrogens is 280 g/mol. The van der Waals surface area contributed by atoms with E-state index in [2.05, 4.69) is 15.9 Å². The molecule has 1 aromatic rings. The zero-order valence-corrected chi connectivity index (χ0v) is 10.1. The van der Waals surface area contributed by atoms with Crippen molar-refractivity contribution in [2.75, 3.05) is 6.54 Å². The van der Waals surface area contributed by atoms with E-state index in [-0.39, 0.29) is 22.5 Å². The van der Waals surface area contributed by atoms with Crippen LogP contribution in [0.2, 0.25) is 0 Å². The van der Waals surface area contributed by atoms with E-state index >= 15 is 0 Å². The quantitative estimate of drug-likeness (QED) is 0.840. The molecule has 2 rings (SSSR count). The van der Waals surface area contributed by atoms with Gasteiger partial charge in [-0.2, -0.15) is 0 Å². The highest BCUT2D eigenvalue weighted by molar-refractivity contribution is 9.10. The van der Waals surface area contributed by atoms with Gasteiger partial charge in [0.2, 0.25) is 0 Å². The Balaban J connectivity index is 2.57. The monoisotopic (exact) mass is 291 g/mol. The Morgan fingerprint density at radius 2 is 2.06 bits per heavy atom. The lowest BCUT2D eigenvalue weighted by Crippen LogP contribution is -2.39. The van der Waals surface area contributed by atoms with Gasteiger partial charge in [0.15, 0.2) is 0 Å². The molecule has 1 aromatic carbocycles. The van der Waals surface area contributed by atoms with Gasteiger partial charge >= 0.3 is 0 Å². The van der Waals surface area contributed by atoms with Crippen LogP contribution in [0.4, 0.5) is 8.78 Å². The van der Waals surface area contributed by atoms with Crippen molar-refractivity contribution >= 4 is 15.9 Å². The van der Waals surface area contributed by atoms with Crippen LogP contribution in [0, 0.1) is 17.6 Å². The molecule has 0 spiro atoms. The predicted molar refractivity (Wildman–Crippen MR) is 59.7 cm³/mol. The Kier molecular flexibility index (Phi) is 3.03. The summed E-state index contributed by atoms with van der Waals surface area (Å²) in [6.07, 6.45) is 1.50. The molecule has 0 heterocycles. The minimum atomic E-state index is -1.59. The van der Waals surface area contributed by atoms with Crippen molar-refractivity contribution in [1.29, 1.82) is 0 Å². The Labute approximate surface area is 101 Å². The van der Waals surface area contributed by atoms with Crippen molar-refractivity contribution in [3.8, 4) is 0 Å². The largest absolute Gasteiger partial charge is 0.383 e. The van der Waals surface area contributed by atoms with Gasteiger partial charge in [0.05, 0.1) is 10.0 Å². The molecule has 1 aliphatic rings. The summed E-state index contributed by atoms with van der Waals surface area (Å²) in [4.78, 5) is 0. The summed E-state index contributed by atoms with van der Waals surface area (Å²) >= 11 is 2.98. The summed E-state index contributed by atoms with van der Waals surface area (Å²) in [5.41, 5.74) is 3.57. The second-order valence-corrected chi connectivity index (χ2v) is 4.98. The van der Waals surface area contributed by atoms with Gasteiger partial charge in [-0.05, 0) is 46.8 Å². The van der Waals surface area contributed by atoms with Gasteiger partial charge in [0.1, 0.15) is 17.2 Å². The second kappa shape index (κ2) is 4.05. The lowest BCUT2D eigenvalue weighted by Gasteiger charge is -2.28. The Morgan fingerprint density at radius 3 is 2.56 bits per heavy atom. The first-order valence-corrected chi connectivity index (χ1v) is 5.86. The van der Waals surface area contributed by atoms with E-state index < -0.39 is 17.2 Å². The third-order valence-corrected chi connectivity index (χ3v) is 3.65. The van der Waals surface area contributed by atoms with E-state index in [0.29, 0.717) is 0 Å². The molecule has 0 saturated heterocycles. The maximum absolute atomic E-state index is 13.8. The summed E-state index contributed by atoms with van der Waals surface area (Å²) < 4.78 is 27.6. The summed E-state index contributed by atoms with van der Waals surface area (Å²) in [5, 5.41) is 10.3. The van der Waals surface area contributed by atoms with Gasteiger partial charge in [-0.3, -0.25) is 0 Å². The van der Waals surface area contributed by atoms with Gasteiger partial charge in [-0.1, -0.05) is 0 Å². The lowest BCUT2D eigenvalue weighted by molar-refractivity contribution is 0.0150. The van der Waals surface area contributed by atoms with Gasteiger partial charge in [-0.25, -0.2) is 8.78 Å². The Hall–Kier alpha value is -0.520. The first-order valence-electron chi connectivity index (χ1n) is 5.07. The van der Waals surface area contributed by atoms with Crippen LogP contribution in [0.1, 0.15) is 18.4 Å². The number of hydrogen-bond donors (Lipinski definition) is 2. The van der Waals surface area contributed by atoms with E-state index in [0.717, 1.165) is 18.9 Å². The van der Waals surface area contributed by atoms with E-state index in [1.165, 1.54) is 6.07 Å². The highest BCUT2D eigenvalue weighted by atomic mass is 79.9. The van der Waals surface area contributed by atoms with Gasteiger partial charge in [0.25, 0.3) is 0 Å². The third-order valence-electron chi connectivity index (χ3n) is 3.04. The Morgan fingerprint density at radius 1 is 1.44 bits per heavy atom. The summed E-state index contributed by atoms with van der Waals surface area (Å²) in [5.74, 6) is -1.66. The van der Waals surface area contributed by atoms with Crippen molar-refractivity contribution in [1.82, 2.24) is 0 Å². The fourth-order valence-electron chi connectivity index (χ4n) is 1.96. The van der Waals surface area contributed by atoms with Gasteiger partial charge in [0, 0.05) is 6.54 Å². The molecule has 0 aliphatic heterocycles. The molecule has 1 unspecified atom stereocenters. The summed E-state index contributed by atoms with van der Waals surface area (Å²) in [7, 11) is 0. The van der Waals surface area contributed by atoms with E-state index in [9.17, 15) is 13.9 Å². The van der Waals surface area contributed by atoms with Crippen molar-refractivity contribution in [2.45, 2.75) is 18.4 Å². The number of hydrogen-bond acceptors (Lipinski definition) is 2. The van der Waals surface area contributed by atoms with Crippen LogP contribution in [0.5, 0.6) is 0 Å². The molecule has 16 heavy (non-hydrogen) atoms. The van der Waals surface area contributed by atoms with Crippen molar-refractivity contribution in [2.24, 2.45) is 11.7 Å². The summed E-state index contributed by atoms with van der Waals surface area (Å²) in [6, 6.07) is 2.41. The predicted octanol–water partition coefficient (Wildman–Crippen LogP) is 2.28. The molecule has 1 aliphatic carbocycles. The Bertz CT molecular complexity index is 423. The number of aliphatic hydroxyl groups is 1. The maximum atomic E-state index is 13.8. The molecule has 0 amide bonds. The maximum Gasteiger partial charge on any atom is 0.146 e. The smallest absolute Gasteiger partial charge is 0.146 e. The molecule has 2 nitrogen and oxygen atoms in total. The molecule has 1 fully saturated rings. The van der Waals surface area contributed by atoms with Crippen molar-refractivity contribution < 1.29 is 13.9 Å². The minimum Gasteiger partial charge on any atom is -0.383 e. The van der Waals surface area contributed by atoms with Crippen LogP contribution >= 0.6 is 15.9 Å². The van der Waals surface area contributed by atoms with Crippen LogP contribution in [0.25, 0.3) is 0 Å². The molecule has 5 heteroatoms. The molecule has 88 valence electrons. The van der Waals surface area contributed by atoms with Crippen molar-refractivity contribution in [3.05, 3.63) is 33.8 Å².